The van der Waals surface area contributed by atoms with E-state index in [1.54, 1.807) is 18.0 Å². The summed E-state index contributed by atoms with van der Waals surface area (Å²) < 4.78 is 7.02. The molecule has 1 N–H and O–H groups in total. The zero-order chi connectivity index (χ0) is 18.4. The highest BCUT2D eigenvalue weighted by Crippen LogP contribution is 2.57. The van der Waals surface area contributed by atoms with E-state index in [-0.39, 0.29) is 6.54 Å². The third-order valence-corrected chi connectivity index (χ3v) is 6.16. The SMILES string of the molecule is COc1ccc2c(c1)CCC=C2C(O)(Cn1cncc1C#N)C1(Cl)CC1. The van der Waals surface area contributed by atoms with Crippen molar-refractivity contribution >= 4 is 17.2 Å². The zero-order valence-corrected chi connectivity index (χ0v) is 15.3. The summed E-state index contributed by atoms with van der Waals surface area (Å²) in [5.74, 6) is 0.807. The number of aryl methyl sites for hydroxylation is 1. The van der Waals surface area contributed by atoms with Gasteiger partial charge < -0.3 is 14.4 Å². The van der Waals surface area contributed by atoms with E-state index < -0.39 is 10.5 Å². The first-order chi connectivity index (χ1) is 12.5. The van der Waals surface area contributed by atoms with E-state index in [0.29, 0.717) is 5.69 Å². The number of methoxy groups -OCH3 is 1. The molecule has 1 saturated carbocycles. The number of hydrogen-bond donors (Lipinski definition) is 1. The van der Waals surface area contributed by atoms with Crippen molar-refractivity contribution in [3.05, 3.63) is 53.6 Å². The lowest BCUT2D eigenvalue weighted by Gasteiger charge is -2.38. The molecule has 26 heavy (non-hydrogen) atoms. The summed E-state index contributed by atoms with van der Waals surface area (Å²) in [5, 5.41) is 21.1. The number of imidazole rings is 1. The fourth-order valence-corrected chi connectivity index (χ4v) is 4.07. The number of alkyl halides is 1. The summed E-state index contributed by atoms with van der Waals surface area (Å²) in [7, 11) is 1.65. The number of benzene rings is 1. The molecule has 134 valence electrons. The van der Waals surface area contributed by atoms with Gasteiger partial charge in [0.15, 0.2) is 0 Å². The maximum Gasteiger partial charge on any atom is 0.140 e. The van der Waals surface area contributed by atoms with Crippen LogP contribution >= 0.6 is 11.6 Å². The first-order valence-electron chi connectivity index (χ1n) is 8.70. The van der Waals surface area contributed by atoms with Gasteiger partial charge in [-0.25, -0.2) is 4.98 Å². The molecule has 4 rings (SSSR count). The maximum absolute atomic E-state index is 11.8. The van der Waals surface area contributed by atoms with Crippen LogP contribution in [0.2, 0.25) is 0 Å². The van der Waals surface area contributed by atoms with Crippen molar-refractivity contribution in [1.29, 1.82) is 5.26 Å². The standard InChI is InChI=1S/C20H20ClN3O2/c1-26-16-5-6-17-14(9-16)3-2-4-18(17)20(25,19(21)7-8-19)12-24-13-23-11-15(24)10-22/h4-6,9,11,13,25H,2-3,7-8,12H2,1H3. The molecule has 0 saturated heterocycles. The lowest BCUT2D eigenvalue weighted by Crippen LogP contribution is -2.46. The van der Waals surface area contributed by atoms with Gasteiger partial charge in [0, 0.05) is 0 Å². The molecule has 1 aromatic heterocycles. The van der Waals surface area contributed by atoms with Crippen LogP contribution in [0.15, 0.2) is 36.8 Å². The second-order valence-electron chi connectivity index (χ2n) is 7.02. The summed E-state index contributed by atoms with van der Waals surface area (Å²) in [4.78, 5) is 3.32. The Kier molecular flexibility index (Phi) is 4.06. The van der Waals surface area contributed by atoms with E-state index in [4.69, 9.17) is 16.3 Å². The molecule has 6 heteroatoms. The number of rotatable bonds is 5. The molecule has 1 atom stereocenters. The summed E-state index contributed by atoms with van der Waals surface area (Å²) in [6, 6.07) is 8.04. The predicted molar refractivity (Wildman–Crippen MR) is 99.0 cm³/mol. The number of hydrogen-bond acceptors (Lipinski definition) is 4. The van der Waals surface area contributed by atoms with Gasteiger partial charge in [0.1, 0.15) is 23.1 Å². The van der Waals surface area contributed by atoms with E-state index in [2.05, 4.69) is 17.1 Å². The number of fused-ring (bicyclic) bond motifs is 1. The topological polar surface area (TPSA) is 71.1 Å². The highest BCUT2D eigenvalue weighted by atomic mass is 35.5. The molecule has 1 heterocycles. The van der Waals surface area contributed by atoms with Crippen molar-refractivity contribution in [2.24, 2.45) is 0 Å². The van der Waals surface area contributed by atoms with Crippen LogP contribution < -0.4 is 4.74 Å². The second-order valence-corrected chi connectivity index (χ2v) is 7.75. The number of ether oxygens (including phenoxy) is 1. The van der Waals surface area contributed by atoms with E-state index >= 15 is 0 Å². The van der Waals surface area contributed by atoms with Crippen LogP contribution in [0.4, 0.5) is 0 Å². The molecular formula is C20H20ClN3O2. The van der Waals surface area contributed by atoms with E-state index in [0.717, 1.165) is 48.1 Å². The number of nitrogens with zero attached hydrogens (tertiary/aromatic N) is 3. The fraction of sp³-hybridized carbons (Fsp3) is 0.400. The normalized spacial score (nSPS) is 19.7. The monoisotopic (exact) mass is 369 g/mol. The van der Waals surface area contributed by atoms with Crippen LogP contribution in [0.1, 0.15) is 36.1 Å². The Bertz CT molecular complexity index is 923. The van der Waals surface area contributed by atoms with Crippen LogP contribution in [-0.2, 0) is 13.0 Å². The maximum atomic E-state index is 11.8. The minimum absolute atomic E-state index is 0.205. The number of aliphatic hydroxyl groups is 1. The number of nitriles is 1. The third-order valence-electron chi connectivity index (χ3n) is 5.47. The molecule has 0 spiro atoms. The second kappa shape index (κ2) is 6.15. The van der Waals surface area contributed by atoms with Gasteiger partial charge in [0.25, 0.3) is 0 Å². The highest BCUT2D eigenvalue weighted by molar-refractivity contribution is 6.27. The Morgan fingerprint density at radius 1 is 1.46 bits per heavy atom. The highest BCUT2D eigenvalue weighted by Gasteiger charge is 2.60. The lowest BCUT2D eigenvalue weighted by molar-refractivity contribution is 0.0691. The van der Waals surface area contributed by atoms with Gasteiger partial charge in [-0.15, -0.1) is 11.6 Å². The summed E-state index contributed by atoms with van der Waals surface area (Å²) in [6.45, 7) is 0.205. The smallest absolute Gasteiger partial charge is 0.140 e. The van der Waals surface area contributed by atoms with Gasteiger partial charge in [-0.05, 0) is 54.5 Å². The first-order valence-corrected chi connectivity index (χ1v) is 9.08. The number of aromatic nitrogens is 2. The quantitative estimate of drug-likeness (QED) is 0.821. The van der Waals surface area contributed by atoms with Crippen LogP contribution in [0.5, 0.6) is 5.75 Å². The Morgan fingerprint density at radius 3 is 2.96 bits per heavy atom. The zero-order valence-electron chi connectivity index (χ0n) is 14.6. The molecule has 0 radical (unpaired) electrons. The molecule has 2 aliphatic rings. The van der Waals surface area contributed by atoms with Crippen LogP contribution in [0.25, 0.3) is 5.57 Å². The summed E-state index contributed by atoms with van der Waals surface area (Å²) in [5.41, 5.74) is 2.13. The van der Waals surface area contributed by atoms with Gasteiger partial charge in [-0.3, -0.25) is 0 Å². The number of halogens is 1. The lowest BCUT2D eigenvalue weighted by atomic mass is 9.77. The molecular weight excluding hydrogens is 350 g/mol. The van der Waals surface area contributed by atoms with Crippen molar-refractivity contribution < 1.29 is 9.84 Å². The van der Waals surface area contributed by atoms with Crippen LogP contribution in [0.3, 0.4) is 0 Å². The molecule has 2 aromatic rings. The fourth-order valence-electron chi connectivity index (χ4n) is 3.82. The Labute approximate surface area is 157 Å². The van der Waals surface area contributed by atoms with Crippen LogP contribution in [0, 0.1) is 11.3 Å². The Hall–Kier alpha value is -2.29. The van der Waals surface area contributed by atoms with E-state index in [1.807, 2.05) is 18.2 Å². The first kappa shape index (κ1) is 17.1. The van der Waals surface area contributed by atoms with Gasteiger partial charge >= 0.3 is 0 Å². The van der Waals surface area contributed by atoms with Gasteiger partial charge in [-0.1, -0.05) is 12.1 Å². The Morgan fingerprint density at radius 2 is 2.27 bits per heavy atom. The van der Waals surface area contributed by atoms with Crippen molar-refractivity contribution in [2.75, 3.05) is 7.11 Å². The molecule has 1 aromatic carbocycles. The van der Waals surface area contributed by atoms with Gasteiger partial charge in [0.05, 0.1) is 31.1 Å². The summed E-state index contributed by atoms with van der Waals surface area (Å²) in [6.07, 6.45) is 8.37. The molecule has 1 unspecified atom stereocenters. The van der Waals surface area contributed by atoms with Crippen molar-refractivity contribution in [3.8, 4) is 11.8 Å². The van der Waals surface area contributed by atoms with Gasteiger partial charge in [0.2, 0.25) is 0 Å². The minimum atomic E-state index is -1.27. The molecule has 1 fully saturated rings. The molecule has 2 aliphatic carbocycles. The molecule has 5 nitrogen and oxygen atoms in total. The van der Waals surface area contributed by atoms with E-state index in [1.165, 1.54) is 6.20 Å². The van der Waals surface area contributed by atoms with Crippen molar-refractivity contribution in [2.45, 2.75) is 42.7 Å². The van der Waals surface area contributed by atoms with Gasteiger partial charge in [-0.2, -0.15) is 5.26 Å². The number of allylic oxidation sites excluding steroid dienone is 1. The molecule has 0 aliphatic heterocycles. The van der Waals surface area contributed by atoms with E-state index in [9.17, 15) is 10.4 Å². The molecule has 0 bridgehead atoms. The minimum Gasteiger partial charge on any atom is -0.497 e. The Balaban J connectivity index is 1.80. The van der Waals surface area contributed by atoms with Crippen molar-refractivity contribution in [3.63, 3.8) is 0 Å². The molecule has 0 amide bonds. The third kappa shape index (κ3) is 2.61. The largest absolute Gasteiger partial charge is 0.497 e. The van der Waals surface area contributed by atoms with Crippen LogP contribution in [-0.4, -0.2) is 32.2 Å². The summed E-state index contributed by atoms with van der Waals surface area (Å²) >= 11 is 6.79. The van der Waals surface area contributed by atoms with Crippen molar-refractivity contribution in [1.82, 2.24) is 9.55 Å². The average molecular weight is 370 g/mol. The average Bonchev–Trinajstić information content (AvgIpc) is 3.27. The predicted octanol–water partition coefficient (Wildman–Crippen LogP) is 3.30.